The highest BCUT2D eigenvalue weighted by Crippen LogP contribution is 2.40. The molecule has 0 saturated carbocycles. The fourth-order valence-corrected chi connectivity index (χ4v) is 2.27. The summed E-state index contributed by atoms with van der Waals surface area (Å²) in [5, 5.41) is 11.3. The molecule has 128 valence electrons. The van der Waals surface area contributed by atoms with E-state index in [4.69, 9.17) is 19.3 Å². The number of carboxylic acid groups (broad SMARTS) is 1. The lowest BCUT2D eigenvalue weighted by atomic mass is 10.1. The van der Waals surface area contributed by atoms with Gasteiger partial charge in [-0.3, -0.25) is 9.59 Å². The van der Waals surface area contributed by atoms with Gasteiger partial charge >= 0.3 is 5.97 Å². The Hall–Kier alpha value is -2.44. The van der Waals surface area contributed by atoms with Gasteiger partial charge < -0.3 is 24.6 Å². The van der Waals surface area contributed by atoms with Gasteiger partial charge in [0.1, 0.15) is 0 Å². The molecule has 0 radical (unpaired) electrons. The summed E-state index contributed by atoms with van der Waals surface area (Å²) < 4.78 is 15.9. The lowest BCUT2D eigenvalue weighted by molar-refractivity contribution is -0.137. The summed E-state index contributed by atoms with van der Waals surface area (Å²) in [6.45, 7) is 1.66. The van der Waals surface area contributed by atoms with Crippen LogP contribution in [0, 0.1) is 0 Å². The van der Waals surface area contributed by atoms with Crippen molar-refractivity contribution in [3.8, 4) is 17.2 Å². The first-order valence-electron chi connectivity index (χ1n) is 7.21. The first-order chi connectivity index (χ1) is 10.9. The van der Waals surface area contributed by atoms with Crippen LogP contribution in [0.1, 0.15) is 25.3 Å². The molecule has 1 amide bonds. The van der Waals surface area contributed by atoms with E-state index in [1.165, 1.54) is 21.3 Å². The van der Waals surface area contributed by atoms with Gasteiger partial charge in [0.25, 0.3) is 0 Å². The van der Waals surface area contributed by atoms with E-state index in [2.05, 4.69) is 5.32 Å². The Labute approximate surface area is 135 Å². The summed E-state index contributed by atoms with van der Waals surface area (Å²) in [6, 6.07) is 3.16. The van der Waals surface area contributed by atoms with E-state index in [9.17, 15) is 9.59 Å². The molecule has 0 spiro atoms. The van der Waals surface area contributed by atoms with Crippen LogP contribution in [0.4, 0.5) is 0 Å². The molecule has 0 fully saturated rings. The van der Waals surface area contributed by atoms with Crippen molar-refractivity contribution in [1.29, 1.82) is 0 Å². The molecule has 1 rings (SSSR count). The van der Waals surface area contributed by atoms with E-state index in [-0.39, 0.29) is 18.7 Å². The van der Waals surface area contributed by atoms with Crippen LogP contribution >= 0.6 is 0 Å². The number of hydrogen-bond donors (Lipinski definition) is 2. The summed E-state index contributed by atoms with van der Waals surface area (Å²) in [5.74, 6) is 0.396. The van der Waals surface area contributed by atoms with Crippen molar-refractivity contribution >= 4 is 11.9 Å². The highest BCUT2D eigenvalue weighted by Gasteiger charge is 2.17. The summed E-state index contributed by atoms with van der Waals surface area (Å²) in [6.07, 6.45) is 0.552. The van der Waals surface area contributed by atoms with Crippen molar-refractivity contribution in [2.75, 3.05) is 21.3 Å². The Bertz CT molecular complexity index is 558. The molecule has 1 aromatic rings. The average molecular weight is 325 g/mol. The number of methoxy groups -OCH3 is 3. The fourth-order valence-electron chi connectivity index (χ4n) is 2.27. The molecular weight excluding hydrogens is 302 g/mol. The highest BCUT2D eigenvalue weighted by molar-refractivity contribution is 5.77. The van der Waals surface area contributed by atoms with Crippen LogP contribution in [0.15, 0.2) is 12.1 Å². The van der Waals surface area contributed by atoms with Crippen molar-refractivity contribution in [2.45, 2.75) is 32.2 Å². The third kappa shape index (κ3) is 5.36. The molecule has 0 aromatic heterocycles. The Balaban J connectivity index is 2.74. The van der Waals surface area contributed by atoms with Crippen LogP contribution < -0.4 is 19.5 Å². The second-order valence-corrected chi connectivity index (χ2v) is 5.06. The normalized spacial score (nSPS) is 11.5. The number of aryl methyl sites for hydroxylation is 1. The molecule has 0 saturated heterocycles. The number of nitrogens with one attached hydrogen (secondary N) is 1. The Morgan fingerprint density at radius 3 is 2.30 bits per heavy atom. The van der Waals surface area contributed by atoms with E-state index in [1.807, 2.05) is 6.07 Å². The minimum absolute atomic E-state index is 0.106. The number of rotatable bonds is 9. The fraction of sp³-hybridized carbons (Fsp3) is 0.500. The number of carbonyl (C=O) groups is 2. The molecule has 0 bridgehead atoms. The van der Waals surface area contributed by atoms with Crippen molar-refractivity contribution < 1.29 is 28.9 Å². The third-order valence-electron chi connectivity index (χ3n) is 3.30. The zero-order valence-corrected chi connectivity index (χ0v) is 13.8. The molecule has 0 aliphatic heterocycles. The van der Waals surface area contributed by atoms with Gasteiger partial charge in [0.2, 0.25) is 11.7 Å². The topological polar surface area (TPSA) is 94.1 Å². The van der Waals surface area contributed by atoms with Crippen molar-refractivity contribution in [1.82, 2.24) is 5.32 Å². The molecule has 7 heteroatoms. The standard InChI is InChI=1S/C16H23NO6/c1-10(9-14(19)20)17-13(18)8-6-11-5-7-12(21-2)16(23-4)15(11)22-3/h5,7,10H,6,8-9H2,1-4H3,(H,17,18)(H,19,20). The number of hydrogen-bond acceptors (Lipinski definition) is 5. The van der Waals surface area contributed by atoms with E-state index in [1.54, 1.807) is 13.0 Å². The summed E-state index contributed by atoms with van der Waals surface area (Å²) in [7, 11) is 4.58. The predicted molar refractivity (Wildman–Crippen MR) is 84.3 cm³/mol. The maximum atomic E-state index is 11.9. The van der Waals surface area contributed by atoms with Gasteiger partial charge in [-0.25, -0.2) is 0 Å². The minimum atomic E-state index is -0.945. The maximum absolute atomic E-state index is 11.9. The number of aliphatic carboxylic acids is 1. The first kappa shape index (κ1) is 18.6. The zero-order valence-electron chi connectivity index (χ0n) is 13.8. The summed E-state index contributed by atoms with van der Waals surface area (Å²) in [5.41, 5.74) is 0.811. The highest BCUT2D eigenvalue weighted by atomic mass is 16.5. The molecule has 1 atom stereocenters. The van der Waals surface area contributed by atoms with Gasteiger partial charge in [-0.05, 0) is 25.0 Å². The number of amides is 1. The molecule has 7 nitrogen and oxygen atoms in total. The van der Waals surface area contributed by atoms with Gasteiger partial charge in [-0.15, -0.1) is 0 Å². The van der Waals surface area contributed by atoms with E-state index in [0.717, 1.165) is 5.56 Å². The molecule has 0 heterocycles. The van der Waals surface area contributed by atoms with Gasteiger partial charge in [0.05, 0.1) is 27.8 Å². The third-order valence-corrected chi connectivity index (χ3v) is 3.30. The first-order valence-corrected chi connectivity index (χ1v) is 7.21. The van der Waals surface area contributed by atoms with E-state index in [0.29, 0.717) is 23.7 Å². The lowest BCUT2D eigenvalue weighted by Crippen LogP contribution is -2.34. The SMILES string of the molecule is COc1ccc(CCC(=O)NC(C)CC(=O)O)c(OC)c1OC. The zero-order chi connectivity index (χ0) is 17.4. The molecule has 0 aliphatic carbocycles. The quantitative estimate of drug-likeness (QED) is 0.716. The molecule has 0 aliphatic rings. The number of carboxylic acids is 1. The molecule has 1 aromatic carbocycles. The molecule has 1 unspecified atom stereocenters. The van der Waals surface area contributed by atoms with Gasteiger partial charge in [-0.1, -0.05) is 6.07 Å². The number of carbonyl (C=O) groups excluding carboxylic acids is 1. The lowest BCUT2D eigenvalue weighted by Gasteiger charge is -2.16. The number of benzene rings is 1. The average Bonchev–Trinajstić information content (AvgIpc) is 2.50. The minimum Gasteiger partial charge on any atom is -0.493 e. The van der Waals surface area contributed by atoms with Crippen LogP contribution in [-0.2, 0) is 16.0 Å². The maximum Gasteiger partial charge on any atom is 0.305 e. The Kier molecular flexibility index (Phi) is 7.18. The molecular formula is C16H23NO6. The van der Waals surface area contributed by atoms with Crippen LogP contribution in [0.5, 0.6) is 17.2 Å². The monoisotopic (exact) mass is 325 g/mol. The predicted octanol–water partition coefficient (Wildman–Crippen LogP) is 1.62. The van der Waals surface area contributed by atoms with E-state index < -0.39 is 12.0 Å². The van der Waals surface area contributed by atoms with Gasteiger partial charge in [0, 0.05) is 12.5 Å². The summed E-state index contributed by atoms with van der Waals surface area (Å²) in [4.78, 5) is 22.5. The Morgan fingerprint density at radius 2 is 1.78 bits per heavy atom. The van der Waals surface area contributed by atoms with Crippen molar-refractivity contribution in [3.05, 3.63) is 17.7 Å². The second kappa shape index (κ2) is 8.87. The van der Waals surface area contributed by atoms with Crippen molar-refractivity contribution in [3.63, 3.8) is 0 Å². The molecule has 23 heavy (non-hydrogen) atoms. The van der Waals surface area contributed by atoms with Crippen LogP contribution in [0.2, 0.25) is 0 Å². The van der Waals surface area contributed by atoms with Crippen LogP contribution in [0.25, 0.3) is 0 Å². The number of ether oxygens (including phenoxy) is 3. The van der Waals surface area contributed by atoms with Crippen molar-refractivity contribution in [2.24, 2.45) is 0 Å². The summed E-state index contributed by atoms with van der Waals surface area (Å²) >= 11 is 0. The second-order valence-electron chi connectivity index (χ2n) is 5.06. The smallest absolute Gasteiger partial charge is 0.305 e. The Morgan fingerprint density at radius 1 is 1.13 bits per heavy atom. The van der Waals surface area contributed by atoms with E-state index >= 15 is 0 Å². The molecule has 2 N–H and O–H groups in total. The van der Waals surface area contributed by atoms with Gasteiger partial charge in [-0.2, -0.15) is 0 Å². The van der Waals surface area contributed by atoms with Crippen LogP contribution in [0.3, 0.4) is 0 Å². The van der Waals surface area contributed by atoms with Crippen LogP contribution in [-0.4, -0.2) is 44.4 Å². The van der Waals surface area contributed by atoms with Gasteiger partial charge in [0.15, 0.2) is 11.5 Å². The largest absolute Gasteiger partial charge is 0.493 e.